The first-order valence-corrected chi connectivity index (χ1v) is 6.57. The van der Waals surface area contributed by atoms with Crippen LogP contribution in [0, 0.1) is 0 Å². The van der Waals surface area contributed by atoms with Crippen LogP contribution in [0.5, 0.6) is 0 Å². The second kappa shape index (κ2) is 4.88. The predicted octanol–water partition coefficient (Wildman–Crippen LogP) is 2.60. The van der Waals surface area contributed by atoms with Gasteiger partial charge in [0.1, 0.15) is 11.1 Å². The Morgan fingerprint density at radius 1 is 1.11 bits per heavy atom. The summed E-state index contributed by atoms with van der Waals surface area (Å²) in [5.41, 5.74) is 0.870. The van der Waals surface area contributed by atoms with Gasteiger partial charge in [0.15, 0.2) is 6.29 Å². The van der Waals surface area contributed by atoms with E-state index in [0.717, 1.165) is 37.0 Å². The lowest BCUT2D eigenvalue weighted by Gasteiger charge is -2.30. The van der Waals surface area contributed by atoms with Gasteiger partial charge >= 0.3 is 5.63 Å². The molecule has 1 aliphatic heterocycles. The number of piperidine rings is 1. The molecule has 1 aromatic carbocycles. The number of hydrogen-bond donors (Lipinski definition) is 0. The molecule has 2 aromatic rings. The van der Waals surface area contributed by atoms with Crippen molar-refractivity contribution in [3.63, 3.8) is 0 Å². The van der Waals surface area contributed by atoms with Crippen LogP contribution in [0.4, 0.5) is 5.69 Å². The molecule has 4 heteroatoms. The highest BCUT2D eigenvalue weighted by Crippen LogP contribution is 2.30. The van der Waals surface area contributed by atoms with E-state index in [4.69, 9.17) is 4.42 Å². The van der Waals surface area contributed by atoms with E-state index in [-0.39, 0.29) is 5.56 Å². The Balaban J connectivity index is 2.29. The van der Waals surface area contributed by atoms with E-state index in [2.05, 4.69) is 4.90 Å². The standard InChI is InChI=1S/C15H15NO3/c17-10-12-14(16-8-4-1-5-9-16)11-6-2-3-7-13(11)19-15(12)18/h2-3,6-7,10H,1,4-5,8-9H2. The molecule has 1 fully saturated rings. The Morgan fingerprint density at radius 3 is 2.58 bits per heavy atom. The fourth-order valence-electron chi connectivity index (χ4n) is 2.71. The molecule has 0 bridgehead atoms. The number of fused-ring (bicyclic) bond motifs is 1. The minimum Gasteiger partial charge on any atom is -0.422 e. The molecule has 1 aliphatic rings. The van der Waals surface area contributed by atoms with Gasteiger partial charge in [0.05, 0.1) is 5.69 Å². The Hall–Kier alpha value is -2.10. The van der Waals surface area contributed by atoms with Gasteiger partial charge in [0.25, 0.3) is 0 Å². The van der Waals surface area contributed by atoms with Crippen LogP contribution in [0.15, 0.2) is 33.5 Å². The number of carbonyl (C=O) groups is 1. The molecule has 98 valence electrons. The van der Waals surface area contributed by atoms with E-state index in [9.17, 15) is 9.59 Å². The summed E-state index contributed by atoms with van der Waals surface area (Å²) < 4.78 is 5.20. The molecular weight excluding hydrogens is 242 g/mol. The van der Waals surface area contributed by atoms with Crippen molar-refractivity contribution in [2.75, 3.05) is 18.0 Å². The van der Waals surface area contributed by atoms with Gasteiger partial charge < -0.3 is 9.32 Å². The van der Waals surface area contributed by atoms with Crippen molar-refractivity contribution in [2.24, 2.45) is 0 Å². The van der Waals surface area contributed by atoms with Crippen molar-refractivity contribution in [1.29, 1.82) is 0 Å². The van der Waals surface area contributed by atoms with Crippen LogP contribution < -0.4 is 10.5 Å². The molecule has 0 saturated carbocycles. The highest BCUT2D eigenvalue weighted by atomic mass is 16.4. The summed E-state index contributed by atoms with van der Waals surface area (Å²) in [7, 11) is 0. The number of para-hydroxylation sites is 1. The highest BCUT2D eigenvalue weighted by Gasteiger charge is 2.20. The third-order valence-electron chi connectivity index (χ3n) is 3.61. The fraction of sp³-hybridized carbons (Fsp3) is 0.333. The smallest absolute Gasteiger partial charge is 0.349 e. The summed E-state index contributed by atoms with van der Waals surface area (Å²) in [5, 5.41) is 0.839. The van der Waals surface area contributed by atoms with Crippen molar-refractivity contribution in [3.8, 4) is 0 Å². The van der Waals surface area contributed by atoms with Gasteiger partial charge in [-0.3, -0.25) is 4.79 Å². The Morgan fingerprint density at radius 2 is 1.84 bits per heavy atom. The Labute approximate surface area is 110 Å². The lowest BCUT2D eigenvalue weighted by Crippen LogP contribution is -2.32. The number of benzene rings is 1. The van der Waals surface area contributed by atoms with E-state index in [1.54, 1.807) is 6.07 Å². The number of hydrogen-bond acceptors (Lipinski definition) is 4. The lowest BCUT2D eigenvalue weighted by molar-refractivity contribution is 0.112. The van der Waals surface area contributed by atoms with E-state index in [1.807, 2.05) is 18.2 Å². The summed E-state index contributed by atoms with van der Waals surface area (Å²) in [6, 6.07) is 7.38. The second-order valence-electron chi connectivity index (χ2n) is 4.81. The number of carbonyl (C=O) groups excluding carboxylic acids is 1. The topological polar surface area (TPSA) is 50.5 Å². The third kappa shape index (κ3) is 2.03. The van der Waals surface area contributed by atoms with Gasteiger partial charge in [-0.25, -0.2) is 4.79 Å². The largest absolute Gasteiger partial charge is 0.422 e. The molecule has 0 N–H and O–H groups in total. The molecule has 0 amide bonds. The zero-order valence-electron chi connectivity index (χ0n) is 10.6. The molecular formula is C15H15NO3. The van der Waals surface area contributed by atoms with Crippen LogP contribution in [0.3, 0.4) is 0 Å². The maximum absolute atomic E-state index is 11.9. The number of nitrogens with zero attached hydrogens (tertiary/aromatic N) is 1. The molecule has 0 radical (unpaired) electrons. The summed E-state index contributed by atoms with van der Waals surface area (Å²) in [5.74, 6) is 0. The van der Waals surface area contributed by atoms with Gasteiger partial charge in [-0.15, -0.1) is 0 Å². The van der Waals surface area contributed by atoms with Crippen LogP contribution in [0.2, 0.25) is 0 Å². The van der Waals surface area contributed by atoms with Gasteiger partial charge in [0, 0.05) is 18.5 Å². The minimum absolute atomic E-state index is 0.139. The Bertz CT molecular complexity index is 669. The SMILES string of the molecule is O=Cc1c(N2CCCCC2)c2ccccc2oc1=O. The van der Waals surface area contributed by atoms with Gasteiger partial charge in [-0.1, -0.05) is 12.1 Å². The zero-order valence-corrected chi connectivity index (χ0v) is 10.6. The van der Waals surface area contributed by atoms with Crippen LogP contribution in [0.25, 0.3) is 11.0 Å². The summed E-state index contributed by atoms with van der Waals surface area (Å²) >= 11 is 0. The number of anilines is 1. The molecule has 4 nitrogen and oxygen atoms in total. The molecule has 0 unspecified atom stereocenters. The summed E-state index contributed by atoms with van der Waals surface area (Å²) in [6.45, 7) is 1.77. The van der Waals surface area contributed by atoms with Crippen molar-refractivity contribution < 1.29 is 9.21 Å². The van der Waals surface area contributed by atoms with E-state index in [0.29, 0.717) is 11.9 Å². The molecule has 0 aliphatic carbocycles. The maximum Gasteiger partial charge on any atom is 0.349 e. The van der Waals surface area contributed by atoms with Gasteiger partial charge in [-0.2, -0.15) is 0 Å². The van der Waals surface area contributed by atoms with Crippen LogP contribution in [0.1, 0.15) is 29.6 Å². The Kier molecular flexibility index (Phi) is 3.07. The molecule has 1 saturated heterocycles. The van der Waals surface area contributed by atoms with Crippen molar-refractivity contribution in [3.05, 3.63) is 40.2 Å². The monoisotopic (exact) mass is 257 g/mol. The first-order chi connectivity index (χ1) is 9.31. The van der Waals surface area contributed by atoms with E-state index >= 15 is 0 Å². The molecule has 0 spiro atoms. The average Bonchev–Trinajstić information content (AvgIpc) is 2.46. The van der Waals surface area contributed by atoms with Gasteiger partial charge in [0.2, 0.25) is 0 Å². The first kappa shape index (κ1) is 12.0. The third-order valence-corrected chi connectivity index (χ3v) is 3.61. The number of rotatable bonds is 2. The maximum atomic E-state index is 11.9. The summed E-state index contributed by atoms with van der Waals surface area (Å²) in [6.07, 6.45) is 3.99. The second-order valence-corrected chi connectivity index (χ2v) is 4.81. The zero-order chi connectivity index (χ0) is 13.2. The van der Waals surface area contributed by atoms with Crippen LogP contribution in [-0.4, -0.2) is 19.4 Å². The van der Waals surface area contributed by atoms with Crippen LogP contribution >= 0.6 is 0 Å². The normalized spacial score (nSPS) is 15.7. The minimum atomic E-state index is -0.547. The van der Waals surface area contributed by atoms with Crippen molar-refractivity contribution >= 4 is 22.9 Å². The average molecular weight is 257 g/mol. The van der Waals surface area contributed by atoms with E-state index < -0.39 is 5.63 Å². The van der Waals surface area contributed by atoms with Crippen LogP contribution in [-0.2, 0) is 0 Å². The highest BCUT2D eigenvalue weighted by molar-refractivity contribution is 5.99. The fourth-order valence-corrected chi connectivity index (χ4v) is 2.71. The molecule has 1 aromatic heterocycles. The summed E-state index contributed by atoms with van der Waals surface area (Å²) in [4.78, 5) is 25.3. The van der Waals surface area contributed by atoms with Crippen molar-refractivity contribution in [1.82, 2.24) is 0 Å². The lowest BCUT2D eigenvalue weighted by atomic mass is 10.1. The quantitative estimate of drug-likeness (QED) is 0.613. The van der Waals surface area contributed by atoms with Gasteiger partial charge in [-0.05, 0) is 31.4 Å². The van der Waals surface area contributed by atoms with E-state index in [1.165, 1.54) is 6.42 Å². The molecule has 19 heavy (non-hydrogen) atoms. The molecule has 2 heterocycles. The predicted molar refractivity (Wildman–Crippen MR) is 73.9 cm³/mol. The van der Waals surface area contributed by atoms with Crippen molar-refractivity contribution in [2.45, 2.75) is 19.3 Å². The number of aldehydes is 1. The molecule has 3 rings (SSSR count). The molecule has 0 atom stereocenters. The first-order valence-electron chi connectivity index (χ1n) is 6.57.